The van der Waals surface area contributed by atoms with Crippen LogP contribution in [0.25, 0.3) is 0 Å². The number of carbonyl (C=O) groups is 1. The fourth-order valence-corrected chi connectivity index (χ4v) is 8.07. The second-order valence-corrected chi connectivity index (χ2v) is 17.9. The third-order valence-electron chi connectivity index (χ3n) is 12.2. The molecular formula is C51H95NO10. The van der Waals surface area contributed by atoms with E-state index in [9.17, 15) is 40.5 Å². The van der Waals surface area contributed by atoms with Gasteiger partial charge in [-0.1, -0.05) is 191 Å². The van der Waals surface area contributed by atoms with Crippen LogP contribution in [-0.4, -0.2) is 110 Å². The molecule has 1 fully saturated rings. The maximum Gasteiger partial charge on any atom is 0.249 e. The summed E-state index contributed by atoms with van der Waals surface area (Å²) in [6.45, 7) is 3.21. The number of hydrogen-bond donors (Lipinski definition) is 8. The van der Waals surface area contributed by atoms with Crippen molar-refractivity contribution in [3.63, 3.8) is 0 Å². The van der Waals surface area contributed by atoms with Gasteiger partial charge in [-0.05, 0) is 58.3 Å². The number of ether oxygens (including phenoxy) is 2. The molecule has 1 amide bonds. The van der Waals surface area contributed by atoms with E-state index < -0.39 is 74.2 Å². The lowest BCUT2D eigenvalue weighted by atomic mass is 9.98. The molecule has 62 heavy (non-hydrogen) atoms. The van der Waals surface area contributed by atoms with Gasteiger partial charge in [0.15, 0.2) is 6.29 Å². The molecule has 11 nitrogen and oxygen atoms in total. The van der Waals surface area contributed by atoms with Crippen LogP contribution in [0, 0.1) is 0 Å². The Balaban J connectivity index is 2.34. The maximum atomic E-state index is 13.1. The summed E-state index contributed by atoms with van der Waals surface area (Å²) in [6.07, 6.45) is 36.5. The predicted octanol–water partition coefficient (Wildman–Crippen LogP) is 9.17. The highest BCUT2D eigenvalue weighted by Gasteiger charge is 2.44. The highest BCUT2D eigenvalue weighted by molar-refractivity contribution is 5.80. The molecule has 0 spiro atoms. The zero-order valence-electron chi connectivity index (χ0n) is 39.4. The normalized spacial score (nSPS) is 21.6. The number of nitrogens with one attached hydrogen (secondary N) is 1. The van der Waals surface area contributed by atoms with Crippen LogP contribution in [-0.2, 0) is 14.3 Å². The fourth-order valence-electron chi connectivity index (χ4n) is 8.07. The molecule has 9 atom stereocenters. The molecule has 0 aromatic rings. The molecule has 0 aromatic heterocycles. The van der Waals surface area contributed by atoms with Gasteiger partial charge in [0, 0.05) is 0 Å². The Morgan fingerprint density at radius 1 is 0.581 bits per heavy atom. The predicted molar refractivity (Wildman–Crippen MR) is 252 cm³/mol. The fraction of sp³-hybridized carbons (Fsp3) is 0.863. The Kier molecular flexibility index (Phi) is 38.4. The molecule has 0 aliphatic carbocycles. The molecule has 1 aliphatic heterocycles. The second kappa shape index (κ2) is 40.8. The molecule has 11 heteroatoms. The van der Waals surface area contributed by atoms with E-state index in [0.29, 0.717) is 19.3 Å². The lowest BCUT2D eigenvalue weighted by Crippen LogP contribution is -2.60. The summed E-state index contributed by atoms with van der Waals surface area (Å²) in [5.41, 5.74) is 0. The molecule has 8 N–H and O–H groups in total. The summed E-state index contributed by atoms with van der Waals surface area (Å²) in [5, 5.41) is 75.7. The van der Waals surface area contributed by atoms with E-state index >= 15 is 0 Å². The lowest BCUT2D eigenvalue weighted by Gasteiger charge is -2.40. The monoisotopic (exact) mass is 882 g/mol. The summed E-state index contributed by atoms with van der Waals surface area (Å²) in [4.78, 5) is 13.1. The summed E-state index contributed by atoms with van der Waals surface area (Å²) in [6, 6.07) is -1.19. The van der Waals surface area contributed by atoms with E-state index in [1.54, 1.807) is 0 Å². The number of hydrogen-bond acceptors (Lipinski definition) is 10. The SMILES string of the molecule is C/C=C/CC/C=C/CC/C=C/CCCC(O)C(O)C(COC1OC(CO)C(O)C(O)C1O)NC(=O)C(O)CCCCCCCCCCCCCCCCCCCCCCCCC. The lowest BCUT2D eigenvalue weighted by molar-refractivity contribution is -0.303. The van der Waals surface area contributed by atoms with Crippen molar-refractivity contribution < 1.29 is 50.0 Å². The Labute approximate surface area is 377 Å². The van der Waals surface area contributed by atoms with E-state index in [1.165, 1.54) is 122 Å². The van der Waals surface area contributed by atoms with Gasteiger partial charge >= 0.3 is 0 Å². The first kappa shape index (κ1) is 58.3. The smallest absolute Gasteiger partial charge is 0.249 e. The van der Waals surface area contributed by atoms with Crippen molar-refractivity contribution in [1.29, 1.82) is 0 Å². The number of unbranched alkanes of at least 4 members (excludes halogenated alkanes) is 25. The van der Waals surface area contributed by atoms with Gasteiger partial charge in [-0.3, -0.25) is 4.79 Å². The second-order valence-electron chi connectivity index (χ2n) is 17.9. The molecule has 0 radical (unpaired) electrons. The van der Waals surface area contributed by atoms with Crippen molar-refractivity contribution in [2.75, 3.05) is 13.2 Å². The van der Waals surface area contributed by atoms with Crippen molar-refractivity contribution in [3.05, 3.63) is 36.5 Å². The maximum absolute atomic E-state index is 13.1. The van der Waals surface area contributed by atoms with E-state index in [4.69, 9.17) is 9.47 Å². The van der Waals surface area contributed by atoms with Gasteiger partial charge in [-0.2, -0.15) is 0 Å². The van der Waals surface area contributed by atoms with Gasteiger partial charge in [0.25, 0.3) is 0 Å². The number of amides is 1. The van der Waals surface area contributed by atoms with Crippen LogP contribution in [0.5, 0.6) is 0 Å². The quantitative estimate of drug-likeness (QED) is 0.0217. The van der Waals surface area contributed by atoms with Gasteiger partial charge in [-0.15, -0.1) is 0 Å². The third kappa shape index (κ3) is 29.7. The van der Waals surface area contributed by atoms with Gasteiger partial charge in [-0.25, -0.2) is 0 Å². The van der Waals surface area contributed by atoms with E-state index in [1.807, 2.05) is 13.0 Å². The Bertz CT molecular complexity index is 1100. The Morgan fingerprint density at radius 3 is 1.47 bits per heavy atom. The molecule has 0 saturated carbocycles. The molecule has 364 valence electrons. The first-order valence-corrected chi connectivity index (χ1v) is 25.4. The molecular weight excluding hydrogens is 787 g/mol. The number of allylic oxidation sites excluding steroid dienone is 6. The Hall–Kier alpha value is -1.67. The number of aliphatic hydroxyl groups is 7. The van der Waals surface area contributed by atoms with Crippen molar-refractivity contribution in [2.24, 2.45) is 0 Å². The van der Waals surface area contributed by atoms with E-state index in [0.717, 1.165) is 44.9 Å². The Morgan fingerprint density at radius 2 is 1.02 bits per heavy atom. The van der Waals surface area contributed by atoms with Crippen molar-refractivity contribution in [2.45, 2.75) is 268 Å². The van der Waals surface area contributed by atoms with Crippen LogP contribution in [0.3, 0.4) is 0 Å². The molecule has 1 heterocycles. The van der Waals surface area contributed by atoms with Crippen LogP contribution < -0.4 is 5.32 Å². The molecule has 1 rings (SSSR count). The van der Waals surface area contributed by atoms with Crippen LogP contribution in [0.4, 0.5) is 0 Å². The average Bonchev–Trinajstić information content (AvgIpc) is 3.27. The third-order valence-corrected chi connectivity index (χ3v) is 12.2. The number of carbonyl (C=O) groups excluding carboxylic acids is 1. The average molecular weight is 882 g/mol. The highest BCUT2D eigenvalue weighted by atomic mass is 16.7. The molecule has 1 aliphatic rings. The zero-order valence-corrected chi connectivity index (χ0v) is 39.4. The minimum absolute atomic E-state index is 0.241. The summed E-state index contributed by atoms with van der Waals surface area (Å²) in [5.74, 6) is -0.712. The molecule has 0 aromatic carbocycles. The van der Waals surface area contributed by atoms with Gasteiger partial charge < -0.3 is 50.5 Å². The minimum atomic E-state index is -1.67. The first-order valence-electron chi connectivity index (χ1n) is 25.4. The summed E-state index contributed by atoms with van der Waals surface area (Å²) >= 11 is 0. The van der Waals surface area contributed by atoms with Crippen molar-refractivity contribution in [3.8, 4) is 0 Å². The van der Waals surface area contributed by atoms with Crippen LogP contribution in [0.2, 0.25) is 0 Å². The summed E-state index contributed by atoms with van der Waals surface area (Å²) in [7, 11) is 0. The minimum Gasteiger partial charge on any atom is -0.394 e. The number of rotatable bonds is 42. The van der Waals surface area contributed by atoms with Crippen molar-refractivity contribution in [1.82, 2.24) is 5.32 Å². The first-order chi connectivity index (χ1) is 30.2. The topological polar surface area (TPSA) is 189 Å². The number of aliphatic hydroxyl groups excluding tert-OH is 7. The van der Waals surface area contributed by atoms with Crippen LogP contribution in [0.15, 0.2) is 36.5 Å². The summed E-state index contributed by atoms with van der Waals surface area (Å²) < 4.78 is 11.1. The van der Waals surface area contributed by atoms with Gasteiger partial charge in [0.1, 0.15) is 36.6 Å². The van der Waals surface area contributed by atoms with Gasteiger partial charge in [0.2, 0.25) is 5.91 Å². The standard InChI is InChI=1S/C51H95NO10/c1-3-5-7-9-11-13-15-17-18-19-20-21-22-23-24-25-26-27-29-31-33-35-37-39-44(55)50(60)52-42(41-61-51-49(59)48(58)47(57)45(40-53)62-51)46(56)43(54)38-36-34-32-30-28-16-14-12-10-8-6-4-2/h4,6,12,14,30,32,42-49,51,53-59H,3,5,7-11,13,15-29,31,33-41H2,1-2H3,(H,52,60)/b6-4+,14-12+,32-30+. The van der Waals surface area contributed by atoms with Crippen LogP contribution >= 0.6 is 0 Å². The van der Waals surface area contributed by atoms with E-state index in [2.05, 4.69) is 42.6 Å². The molecule has 1 saturated heterocycles. The van der Waals surface area contributed by atoms with Gasteiger partial charge in [0.05, 0.1) is 25.4 Å². The largest absolute Gasteiger partial charge is 0.394 e. The molecule has 9 unspecified atom stereocenters. The highest BCUT2D eigenvalue weighted by Crippen LogP contribution is 2.23. The van der Waals surface area contributed by atoms with Crippen LogP contribution in [0.1, 0.15) is 213 Å². The molecule has 0 bridgehead atoms. The van der Waals surface area contributed by atoms with Crippen molar-refractivity contribution >= 4 is 5.91 Å². The van der Waals surface area contributed by atoms with E-state index in [-0.39, 0.29) is 12.8 Å². The zero-order chi connectivity index (χ0) is 45.5.